The average Bonchev–Trinajstić information content (AvgIpc) is 2.86. The summed E-state index contributed by atoms with van der Waals surface area (Å²) in [4.78, 5) is 18.1. The van der Waals surface area contributed by atoms with Crippen molar-refractivity contribution in [1.29, 1.82) is 0 Å². The lowest BCUT2D eigenvalue weighted by Gasteiger charge is -2.09. The molecule has 0 aliphatic rings. The molecule has 2 aromatic heterocycles. The summed E-state index contributed by atoms with van der Waals surface area (Å²) in [5.41, 5.74) is 7.83. The van der Waals surface area contributed by atoms with E-state index in [1.54, 1.807) is 12.1 Å². The number of hydrogen-bond acceptors (Lipinski definition) is 3. The topological polar surface area (TPSA) is 83.8 Å². The second-order valence-electron chi connectivity index (χ2n) is 4.32. The van der Waals surface area contributed by atoms with E-state index in [4.69, 9.17) is 17.3 Å². The summed E-state index contributed by atoms with van der Waals surface area (Å²) in [5, 5.41) is 4.78. The molecule has 3 rings (SSSR count). The summed E-state index contributed by atoms with van der Waals surface area (Å²) in [5.74, 6) is -0.569. The van der Waals surface area contributed by atoms with Crippen LogP contribution in [0.25, 0.3) is 10.9 Å². The third-order valence-electron chi connectivity index (χ3n) is 2.93. The number of rotatable bonds is 3. The number of aromatic nitrogens is 2. The van der Waals surface area contributed by atoms with E-state index in [0.717, 1.165) is 16.6 Å². The molecule has 5 nitrogen and oxygen atoms in total. The number of amides is 1. The molecule has 2 heterocycles. The molecule has 0 unspecified atom stereocenters. The van der Waals surface area contributed by atoms with Crippen LogP contribution in [0.3, 0.4) is 0 Å². The minimum atomic E-state index is -0.569. The van der Waals surface area contributed by atoms with Gasteiger partial charge in [0.15, 0.2) is 0 Å². The second kappa shape index (κ2) is 4.86. The normalized spacial score (nSPS) is 10.7. The highest BCUT2D eigenvalue weighted by Gasteiger charge is 2.07. The maximum absolute atomic E-state index is 11.1. The molecular formula is C14H11ClN4O. The molecule has 0 spiro atoms. The predicted molar refractivity (Wildman–Crippen MR) is 79.3 cm³/mol. The number of carbonyl (C=O) groups excluding carboxylic acids is 1. The van der Waals surface area contributed by atoms with Crippen LogP contribution < -0.4 is 11.1 Å². The van der Waals surface area contributed by atoms with Crippen LogP contribution in [0.4, 0.5) is 11.4 Å². The predicted octanol–water partition coefficient (Wildman–Crippen LogP) is 3.06. The van der Waals surface area contributed by atoms with E-state index in [1.165, 1.54) is 6.20 Å². The number of nitrogens with zero attached hydrogens (tertiary/aromatic N) is 1. The fourth-order valence-corrected chi connectivity index (χ4v) is 2.18. The Balaban J connectivity index is 1.98. The monoisotopic (exact) mass is 286 g/mol. The summed E-state index contributed by atoms with van der Waals surface area (Å²) in [6, 6.07) is 9.05. The van der Waals surface area contributed by atoms with Gasteiger partial charge < -0.3 is 16.0 Å². The number of fused-ring (bicyclic) bond motifs is 1. The number of primary amides is 1. The number of pyridine rings is 1. The molecule has 100 valence electrons. The van der Waals surface area contributed by atoms with E-state index in [2.05, 4.69) is 15.3 Å². The Hall–Kier alpha value is -2.53. The summed E-state index contributed by atoms with van der Waals surface area (Å²) < 4.78 is 0. The summed E-state index contributed by atoms with van der Waals surface area (Å²) in [6.07, 6.45) is 3.37. The van der Waals surface area contributed by atoms with Crippen molar-refractivity contribution in [2.24, 2.45) is 5.73 Å². The fraction of sp³-hybridized carbons (Fsp3) is 0. The Morgan fingerprint density at radius 1 is 1.30 bits per heavy atom. The van der Waals surface area contributed by atoms with Gasteiger partial charge in [0.1, 0.15) is 5.69 Å². The molecule has 20 heavy (non-hydrogen) atoms. The maximum Gasteiger partial charge on any atom is 0.267 e. The van der Waals surface area contributed by atoms with Crippen molar-refractivity contribution in [3.05, 3.63) is 53.4 Å². The first-order valence-electron chi connectivity index (χ1n) is 5.93. The van der Waals surface area contributed by atoms with Gasteiger partial charge in [-0.1, -0.05) is 11.6 Å². The third kappa shape index (κ3) is 2.31. The molecule has 0 bridgehead atoms. The van der Waals surface area contributed by atoms with Crippen molar-refractivity contribution in [2.75, 3.05) is 5.32 Å². The van der Waals surface area contributed by atoms with Crippen LogP contribution in [0.1, 0.15) is 10.5 Å². The van der Waals surface area contributed by atoms with E-state index in [1.807, 2.05) is 24.4 Å². The Labute approximate surface area is 119 Å². The molecule has 0 aliphatic heterocycles. The molecular weight excluding hydrogens is 276 g/mol. The van der Waals surface area contributed by atoms with Crippen LogP contribution in [0.15, 0.2) is 42.7 Å². The molecule has 0 saturated carbocycles. The molecule has 0 aliphatic carbocycles. The van der Waals surface area contributed by atoms with E-state index in [9.17, 15) is 4.79 Å². The molecule has 0 saturated heterocycles. The summed E-state index contributed by atoms with van der Waals surface area (Å²) >= 11 is 6.22. The number of H-pyrrole nitrogens is 1. The van der Waals surface area contributed by atoms with Crippen molar-refractivity contribution in [3.63, 3.8) is 0 Å². The van der Waals surface area contributed by atoms with Crippen LogP contribution in [-0.4, -0.2) is 15.9 Å². The van der Waals surface area contributed by atoms with Crippen molar-refractivity contribution in [2.45, 2.75) is 0 Å². The first-order valence-corrected chi connectivity index (χ1v) is 6.31. The number of nitrogens with two attached hydrogens (primary N) is 1. The van der Waals surface area contributed by atoms with Crippen molar-refractivity contribution < 1.29 is 4.79 Å². The minimum absolute atomic E-state index is 0.203. The lowest BCUT2D eigenvalue weighted by molar-refractivity contribution is 0.0995. The van der Waals surface area contributed by atoms with Crippen molar-refractivity contribution in [3.8, 4) is 0 Å². The number of anilines is 2. The number of halogens is 1. The van der Waals surface area contributed by atoms with Gasteiger partial charge in [-0.25, -0.2) is 0 Å². The van der Waals surface area contributed by atoms with Crippen LogP contribution in [0.5, 0.6) is 0 Å². The molecule has 6 heteroatoms. The SMILES string of the molecule is NC(=O)c1cc(Nc2cc3cc[nH]c3cc2Cl)ccn1. The number of hydrogen-bond donors (Lipinski definition) is 3. The number of nitrogens with one attached hydrogen (secondary N) is 2. The Morgan fingerprint density at radius 2 is 2.15 bits per heavy atom. The van der Waals surface area contributed by atoms with Gasteiger partial charge in [0.25, 0.3) is 5.91 Å². The smallest absolute Gasteiger partial charge is 0.267 e. The molecule has 0 fully saturated rings. The lowest BCUT2D eigenvalue weighted by atomic mass is 10.2. The maximum atomic E-state index is 11.1. The van der Waals surface area contributed by atoms with E-state index in [-0.39, 0.29) is 5.69 Å². The standard InChI is InChI=1S/C14H11ClN4O/c15-10-7-11-8(1-3-17-11)5-12(10)19-9-2-4-18-13(6-9)14(16)20/h1-7,17H,(H2,16,20)(H,18,19). The number of aromatic amines is 1. The van der Waals surface area contributed by atoms with Gasteiger partial charge >= 0.3 is 0 Å². The Morgan fingerprint density at radius 3 is 2.95 bits per heavy atom. The molecule has 3 aromatic rings. The Bertz CT molecular complexity index is 797. The van der Waals surface area contributed by atoms with Crippen LogP contribution >= 0.6 is 11.6 Å². The molecule has 0 radical (unpaired) electrons. The quantitative estimate of drug-likeness (QED) is 0.692. The fourth-order valence-electron chi connectivity index (χ4n) is 1.97. The lowest BCUT2D eigenvalue weighted by Crippen LogP contribution is -2.12. The largest absolute Gasteiger partial charge is 0.364 e. The second-order valence-corrected chi connectivity index (χ2v) is 4.72. The summed E-state index contributed by atoms with van der Waals surface area (Å²) in [6.45, 7) is 0. The van der Waals surface area contributed by atoms with Gasteiger partial charge in [-0.3, -0.25) is 9.78 Å². The third-order valence-corrected chi connectivity index (χ3v) is 3.25. The Kier molecular flexibility index (Phi) is 3.04. The van der Waals surface area contributed by atoms with Crippen LogP contribution in [0, 0.1) is 0 Å². The summed E-state index contributed by atoms with van der Waals surface area (Å²) in [7, 11) is 0. The molecule has 0 atom stereocenters. The van der Waals surface area contributed by atoms with Crippen molar-refractivity contribution >= 4 is 39.8 Å². The van der Waals surface area contributed by atoms with Gasteiger partial charge in [-0.2, -0.15) is 0 Å². The zero-order valence-corrected chi connectivity index (χ0v) is 11.1. The molecule has 4 N–H and O–H groups in total. The minimum Gasteiger partial charge on any atom is -0.364 e. The van der Waals surface area contributed by atoms with E-state index in [0.29, 0.717) is 10.7 Å². The molecule has 1 aromatic carbocycles. The van der Waals surface area contributed by atoms with Gasteiger partial charge in [0.2, 0.25) is 0 Å². The van der Waals surface area contributed by atoms with Gasteiger partial charge in [0, 0.05) is 29.0 Å². The number of carbonyl (C=O) groups is 1. The van der Waals surface area contributed by atoms with Gasteiger partial charge in [-0.05, 0) is 30.3 Å². The van der Waals surface area contributed by atoms with Crippen LogP contribution in [0.2, 0.25) is 5.02 Å². The van der Waals surface area contributed by atoms with Gasteiger partial charge in [0.05, 0.1) is 10.7 Å². The van der Waals surface area contributed by atoms with Gasteiger partial charge in [-0.15, -0.1) is 0 Å². The first-order chi connectivity index (χ1) is 9.63. The highest BCUT2D eigenvalue weighted by molar-refractivity contribution is 6.34. The number of benzene rings is 1. The van der Waals surface area contributed by atoms with E-state index < -0.39 is 5.91 Å². The highest BCUT2D eigenvalue weighted by Crippen LogP contribution is 2.30. The van der Waals surface area contributed by atoms with Crippen molar-refractivity contribution in [1.82, 2.24) is 9.97 Å². The average molecular weight is 287 g/mol. The zero-order chi connectivity index (χ0) is 14.1. The van der Waals surface area contributed by atoms with E-state index >= 15 is 0 Å². The first kappa shape index (κ1) is 12.5. The molecule has 1 amide bonds. The van der Waals surface area contributed by atoms with Crippen LogP contribution in [-0.2, 0) is 0 Å². The zero-order valence-electron chi connectivity index (χ0n) is 10.4. The highest BCUT2D eigenvalue weighted by atomic mass is 35.5.